The maximum Gasteiger partial charge on any atom is 0.227 e. The number of nitrogens with zero attached hydrogens (tertiary/aromatic N) is 2. The van der Waals surface area contributed by atoms with E-state index in [1.807, 2.05) is 35.2 Å². The topological polar surface area (TPSA) is 32.8 Å². The van der Waals surface area contributed by atoms with Gasteiger partial charge in [0.25, 0.3) is 0 Å². The Hall–Kier alpha value is -2.33. The van der Waals surface area contributed by atoms with Gasteiger partial charge in [-0.25, -0.2) is 0 Å². The number of para-hydroxylation sites is 2. The van der Waals surface area contributed by atoms with Crippen molar-refractivity contribution >= 4 is 17.3 Å². The van der Waals surface area contributed by atoms with Crippen molar-refractivity contribution in [3.63, 3.8) is 0 Å². The summed E-state index contributed by atoms with van der Waals surface area (Å²) in [6.07, 6.45) is 2.29. The first kappa shape index (κ1) is 17.5. The third-order valence-corrected chi connectivity index (χ3v) is 4.66. The van der Waals surface area contributed by atoms with Gasteiger partial charge < -0.3 is 14.5 Å². The lowest BCUT2D eigenvalue weighted by Crippen LogP contribution is -2.31. The highest BCUT2D eigenvalue weighted by Crippen LogP contribution is 2.32. The molecule has 2 aromatic carbocycles. The first-order valence-electron chi connectivity index (χ1n) is 8.97. The average molecular weight is 338 g/mol. The van der Waals surface area contributed by atoms with Crippen LogP contribution in [0.3, 0.4) is 0 Å². The van der Waals surface area contributed by atoms with E-state index in [2.05, 4.69) is 29.2 Å². The van der Waals surface area contributed by atoms with Crippen molar-refractivity contribution in [2.75, 3.05) is 43.2 Å². The number of aryl methyl sites for hydroxylation is 1. The SMILES string of the molecule is COCCN1CCCN(C(=O)CCc2ccccc2)c2ccccc21. The summed E-state index contributed by atoms with van der Waals surface area (Å²) in [6.45, 7) is 3.26. The smallest absolute Gasteiger partial charge is 0.227 e. The van der Waals surface area contributed by atoms with Gasteiger partial charge in [0.05, 0.1) is 18.0 Å². The van der Waals surface area contributed by atoms with Crippen LogP contribution in [-0.4, -0.2) is 39.3 Å². The van der Waals surface area contributed by atoms with Gasteiger partial charge in [0, 0.05) is 33.2 Å². The molecule has 0 N–H and O–H groups in total. The van der Waals surface area contributed by atoms with E-state index in [9.17, 15) is 4.79 Å². The van der Waals surface area contributed by atoms with Crippen LogP contribution in [-0.2, 0) is 16.0 Å². The standard InChI is InChI=1S/C21H26N2O2/c1-25-17-16-22-14-7-15-23(20-11-6-5-10-19(20)22)21(24)13-12-18-8-3-2-4-9-18/h2-6,8-11H,7,12-17H2,1H3. The predicted molar refractivity (Wildman–Crippen MR) is 102 cm³/mol. The molecule has 0 bridgehead atoms. The third kappa shape index (κ3) is 4.40. The molecule has 0 atom stereocenters. The predicted octanol–water partition coefficient (Wildman–Crippen LogP) is 3.51. The van der Waals surface area contributed by atoms with E-state index in [0.717, 1.165) is 43.9 Å². The Bertz CT molecular complexity index is 687. The molecule has 132 valence electrons. The molecule has 0 aromatic heterocycles. The maximum absolute atomic E-state index is 12.9. The van der Waals surface area contributed by atoms with Crippen LogP contribution in [0.5, 0.6) is 0 Å². The Balaban J connectivity index is 1.74. The zero-order valence-corrected chi connectivity index (χ0v) is 14.9. The number of fused-ring (bicyclic) bond motifs is 1. The lowest BCUT2D eigenvalue weighted by atomic mass is 10.1. The van der Waals surface area contributed by atoms with Crippen LogP contribution in [0.2, 0.25) is 0 Å². The van der Waals surface area contributed by atoms with Crippen molar-refractivity contribution in [2.45, 2.75) is 19.3 Å². The van der Waals surface area contributed by atoms with Crippen molar-refractivity contribution in [3.05, 3.63) is 60.2 Å². The molecule has 1 amide bonds. The number of carbonyl (C=O) groups excluding carboxylic acids is 1. The lowest BCUT2D eigenvalue weighted by Gasteiger charge is -2.26. The Morgan fingerprint density at radius 2 is 1.72 bits per heavy atom. The lowest BCUT2D eigenvalue weighted by molar-refractivity contribution is -0.118. The number of rotatable bonds is 6. The molecule has 4 heteroatoms. The molecule has 0 saturated carbocycles. The van der Waals surface area contributed by atoms with Crippen molar-refractivity contribution in [2.24, 2.45) is 0 Å². The molecule has 25 heavy (non-hydrogen) atoms. The third-order valence-electron chi connectivity index (χ3n) is 4.66. The van der Waals surface area contributed by atoms with Gasteiger partial charge in [-0.15, -0.1) is 0 Å². The monoisotopic (exact) mass is 338 g/mol. The number of anilines is 2. The maximum atomic E-state index is 12.9. The number of amides is 1. The molecule has 1 aliphatic rings. The Kier molecular flexibility index (Phi) is 6.07. The molecule has 0 spiro atoms. The summed E-state index contributed by atoms with van der Waals surface area (Å²) in [5.74, 6) is 0.199. The van der Waals surface area contributed by atoms with E-state index in [0.29, 0.717) is 13.0 Å². The minimum atomic E-state index is 0.199. The van der Waals surface area contributed by atoms with Crippen LogP contribution in [0.4, 0.5) is 11.4 Å². The van der Waals surface area contributed by atoms with Crippen molar-refractivity contribution in [1.29, 1.82) is 0 Å². The summed E-state index contributed by atoms with van der Waals surface area (Å²) in [4.78, 5) is 17.2. The molecule has 3 rings (SSSR count). The van der Waals surface area contributed by atoms with Gasteiger partial charge in [0.15, 0.2) is 0 Å². The van der Waals surface area contributed by atoms with Crippen LogP contribution in [0, 0.1) is 0 Å². The molecule has 0 unspecified atom stereocenters. The molecule has 4 nitrogen and oxygen atoms in total. The minimum absolute atomic E-state index is 0.199. The average Bonchev–Trinajstić information content (AvgIpc) is 2.85. The van der Waals surface area contributed by atoms with E-state index >= 15 is 0 Å². The zero-order valence-electron chi connectivity index (χ0n) is 14.9. The molecule has 0 saturated heterocycles. The van der Waals surface area contributed by atoms with Crippen LogP contribution in [0.15, 0.2) is 54.6 Å². The second-order valence-electron chi connectivity index (χ2n) is 6.35. The summed E-state index contributed by atoms with van der Waals surface area (Å²) >= 11 is 0. The van der Waals surface area contributed by atoms with Crippen molar-refractivity contribution < 1.29 is 9.53 Å². The molecule has 0 radical (unpaired) electrons. The summed E-state index contributed by atoms with van der Waals surface area (Å²) in [6, 6.07) is 18.4. The minimum Gasteiger partial charge on any atom is -0.383 e. The van der Waals surface area contributed by atoms with Crippen LogP contribution in [0.25, 0.3) is 0 Å². The fraction of sp³-hybridized carbons (Fsp3) is 0.381. The fourth-order valence-corrected chi connectivity index (χ4v) is 3.34. The summed E-state index contributed by atoms with van der Waals surface area (Å²) in [5.41, 5.74) is 3.36. The highest BCUT2D eigenvalue weighted by atomic mass is 16.5. The van der Waals surface area contributed by atoms with E-state index < -0.39 is 0 Å². The van der Waals surface area contributed by atoms with Crippen molar-refractivity contribution in [3.8, 4) is 0 Å². The zero-order chi connectivity index (χ0) is 17.5. The quantitative estimate of drug-likeness (QED) is 0.808. The molecular weight excluding hydrogens is 312 g/mol. The van der Waals surface area contributed by atoms with E-state index in [4.69, 9.17) is 4.74 Å². The number of hydrogen-bond donors (Lipinski definition) is 0. The fourth-order valence-electron chi connectivity index (χ4n) is 3.34. The number of hydrogen-bond acceptors (Lipinski definition) is 3. The number of benzene rings is 2. The summed E-state index contributed by atoms with van der Waals surface area (Å²) in [7, 11) is 1.73. The molecule has 0 aliphatic carbocycles. The second-order valence-corrected chi connectivity index (χ2v) is 6.35. The Labute approximate surface area is 150 Å². The van der Waals surface area contributed by atoms with Gasteiger partial charge >= 0.3 is 0 Å². The second kappa shape index (κ2) is 8.67. The Morgan fingerprint density at radius 3 is 2.48 bits per heavy atom. The van der Waals surface area contributed by atoms with E-state index in [1.54, 1.807) is 7.11 Å². The van der Waals surface area contributed by atoms with Gasteiger partial charge in [-0.2, -0.15) is 0 Å². The van der Waals surface area contributed by atoms with E-state index in [1.165, 1.54) is 5.56 Å². The van der Waals surface area contributed by atoms with Crippen LogP contribution in [0.1, 0.15) is 18.4 Å². The number of ether oxygens (including phenoxy) is 1. The Morgan fingerprint density at radius 1 is 1.00 bits per heavy atom. The first-order valence-corrected chi connectivity index (χ1v) is 8.97. The summed E-state index contributed by atoms with van der Waals surface area (Å²) < 4.78 is 5.24. The molecule has 0 fully saturated rings. The highest BCUT2D eigenvalue weighted by Gasteiger charge is 2.24. The van der Waals surface area contributed by atoms with Gasteiger partial charge in [-0.3, -0.25) is 4.79 Å². The highest BCUT2D eigenvalue weighted by molar-refractivity contribution is 5.97. The number of methoxy groups -OCH3 is 1. The van der Waals surface area contributed by atoms with Gasteiger partial charge in [0.2, 0.25) is 5.91 Å². The van der Waals surface area contributed by atoms with Crippen LogP contribution >= 0.6 is 0 Å². The van der Waals surface area contributed by atoms with Gasteiger partial charge in [-0.05, 0) is 30.5 Å². The first-order chi connectivity index (χ1) is 12.3. The molecule has 1 heterocycles. The van der Waals surface area contributed by atoms with Gasteiger partial charge in [0.1, 0.15) is 0 Å². The van der Waals surface area contributed by atoms with Crippen LogP contribution < -0.4 is 9.80 Å². The largest absolute Gasteiger partial charge is 0.383 e. The molecular formula is C21H26N2O2. The molecule has 1 aliphatic heterocycles. The van der Waals surface area contributed by atoms with E-state index in [-0.39, 0.29) is 5.91 Å². The van der Waals surface area contributed by atoms with Crippen molar-refractivity contribution in [1.82, 2.24) is 0 Å². The molecule has 2 aromatic rings. The number of carbonyl (C=O) groups is 1. The van der Waals surface area contributed by atoms with Gasteiger partial charge in [-0.1, -0.05) is 42.5 Å². The summed E-state index contributed by atoms with van der Waals surface area (Å²) in [5, 5.41) is 0. The normalized spacial score (nSPS) is 14.1.